The number of ether oxygens (including phenoxy) is 3. The predicted molar refractivity (Wildman–Crippen MR) is 97.2 cm³/mol. The maximum absolute atomic E-state index is 12.4. The zero-order valence-electron chi connectivity index (χ0n) is 14.9. The van der Waals surface area contributed by atoms with Gasteiger partial charge < -0.3 is 24.4 Å². The number of hydrogen-bond donors (Lipinski definition) is 1. The molecule has 2 aromatic rings. The van der Waals surface area contributed by atoms with Crippen LogP contribution in [0.2, 0.25) is 0 Å². The molecule has 1 N–H and O–H groups in total. The largest absolute Gasteiger partial charge is 0.497 e. The number of nitrogens with zero attached hydrogens (tertiary/aromatic N) is 1. The molecule has 0 aromatic heterocycles. The number of rotatable bonds is 5. The van der Waals surface area contributed by atoms with E-state index in [0.717, 1.165) is 5.56 Å². The van der Waals surface area contributed by atoms with E-state index in [4.69, 9.17) is 14.2 Å². The SMILES string of the molecule is COc1ccc(CC(=O)Nc2ccc3c(c2)OCC(=O)N3C)c(OC)c1. The van der Waals surface area contributed by atoms with E-state index in [2.05, 4.69) is 5.32 Å². The first-order valence-electron chi connectivity index (χ1n) is 8.06. The summed E-state index contributed by atoms with van der Waals surface area (Å²) >= 11 is 0. The molecule has 1 aliphatic heterocycles. The van der Waals surface area contributed by atoms with E-state index in [9.17, 15) is 9.59 Å². The number of amides is 2. The highest BCUT2D eigenvalue weighted by molar-refractivity contribution is 5.98. The second kappa shape index (κ2) is 7.35. The first-order valence-corrected chi connectivity index (χ1v) is 8.06. The summed E-state index contributed by atoms with van der Waals surface area (Å²) in [6, 6.07) is 10.5. The van der Waals surface area contributed by atoms with Gasteiger partial charge in [-0.3, -0.25) is 9.59 Å². The van der Waals surface area contributed by atoms with E-state index < -0.39 is 0 Å². The summed E-state index contributed by atoms with van der Waals surface area (Å²) < 4.78 is 15.9. The minimum absolute atomic E-state index is 0.00997. The van der Waals surface area contributed by atoms with E-state index in [0.29, 0.717) is 28.6 Å². The van der Waals surface area contributed by atoms with E-state index in [1.165, 1.54) is 4.90 Å². The molecule has 0 unspecified atom stereocenters. The number of fused-ring (bicyclic) bond motifs is 1. The lowest BCUT2D eigenvalue weighted by Gasteiger charge is -2.26. The first-order chi connectivity index (χ1) is 12.5. The summed E-state index contributed by atoms with van der Waals surface area (Å²) in [5.41, 5.74) is 2.03. The lowest BCUT2D eigenvalue weighted by atomic mass is 10.1. The molecule has 2 amide bonds. The zero-order valence-corrected chi connectivity index (χ0v) is 14.9. The number of anilines is 2. The number of benzene rings is 2. The Kier molecular flexibility index (Phi) is 4.97. The Bertz CT molecular complexity index is 850. The van der Waals surface area contributed by atoms with Crippen LogP contribution >= 0.6 is 0 Å². The highest BCUT2D eigenvalue weighted by atomic mass is 16.5. The molecule has 1 aliphatic rings. The van der Waals surface area contributed by atoms with E-state index in [1.54, 1.807) is 57.7 Å². The van der Waals surface area contributed by atoms with E-state index in [1.807, 2.05) is 0 Å². The van der Waals surface area contributed by atoms with Crippen LogP contribution in [0.1, 0.15) is 5.56 Å². The Hall–Kier alpha value is -3.22. The molecule has 0 aliphatic carbocycles. The lowest BCUT2D eigenvalue weighted by Crippen LogP contribution is -2.35. The molecule has 0 bridgehead atoms. The van der Waals surface area contributed by atoms with Gasteiger partial charge in [0.05, 0.1) is 26.3 Å². The van der Waals surface area contributed by atoms with Crippen LogP contribution in [-0.4, -0.2) is 39.7 Å². The number of carbonyl (C=O) groups excluding carboxylic acids is 2. The molecule has 0 saturated carbocycles. The number of hydrogen-bond acceptors (Lipinski definition) is 5. The molecule has 7 nitrogen and oxygen atoms in total. The maximum atomic E-state index is 12.4. The lowest BCUT2D eigenvalue weighted by molar-refractivity contribution is -0.121. The van der Waals surface area contributed by atoms with Crippen molar-refractivity contribution in [3.8, 4) is 17.2 Å². The van der Waals surface area contributed by atoms with Crippen molar-refractivity contribution in [2.75, 3.05) is 38.1 Å². The monoisotopic (exact) mass is 356 g/mol. The molecule has 0 saturated heterocycles. The molecule has 0 radical (unpaired) electrons. The molecular formula is C19H20N2O5. The van der Waals surface area contributed by atoms with Crippen LogP contribution in [-0.2, 0) is 16.0 Å². The second-order valence-electron chi connectivity index (χ2n) is 5.83. The summed E-state index contributed by atoms with van der Waals surface area (Å²) in [7, 11) is 4.82. The zero-order chi connectivity index (χ0) is 18.7. The molecule has 0 fully saturated rings. The van der Waals surface area contributed by atoms with Crippen LogP contribution in [0.15, 0.2) is 36.4 Å². The molecule has 26 heavy (non-hydrogen) atoms. The highest BCUT2D eigenvalue weighted by Crippen LogP contribution is 2.33. The van der Waals surface area contributed by atoms with Crippen molar-refractivity contribution in [2.45, 2.75) is 6.42 Å². The number of carbonyl (C=O) groups is 2. The molecule has 7 heteroatoms. The summed E-state index contributed by atoms with van der Waals surface area (Å²) in [6.45, 7) is -0.00997. The summed E-state index contributed by atoms with van der Waals surface area (Å²) in [5.74, 6) is 1.52. The van der Waals surface area contributed by atoms with Gasteiger partial charge in [-0.05, 0) is 18.2 Å². The van der Waals surface area contributed by atoms with Crippen molar-refractivity contribution in [3.63, 3.8) is 0 Å². The standard InChI is InChI=1S/C19H20N2O5/c1-21-15-7-5-13(9-17(15)26-11-19(21)23)20-18(22)8-12-4-6-14(24-2)10-16(12)25-3/h4-7,9-10H,8,11H2,1-3H3,(H,20,22). The van der Waals surface area contributed by atoms with Gasteiger partial charge in [0.1, 0.15) is 17.2 Å². The Morgan fingerprint density at radius 2 is 2.00 bits per heavy atom. The van der Waals surface area contributed by atoms with Crippen molar-refractivity contribution in [1.82, 2.24) is 0 Å². The van der Waals surface area contributed by atoms with Crippen LogP contribution in [0, 0.1) is 0 Å². The van der Waals surface area contributed by atoms with Crippen molar-refractivity contribution < 1.29 is 23.8 Å². The van der Waals surface area contributed by atoms with Gasteiger partial charge >= 0.3 is 0 Å². The molecule has 1 heterocycles. The topological polar surface area (TPSA) is 77.1 Å². The second-order valence-corrected chi connectivity index (χ2v) is 5.83. The summed E-state index contributed by atoms with van der Waals surface area (Å²) in [5, 5.41) is 2.84. The molecular weight excluding hydrogens is 336 g/mol. The van der Waals surface area contributed by atoms with Crippen LogP contribution < -0.4 is 24.4 Å². The molecule has 2 aromatic carbocycles. The van der Waals surface area contributed by atoms with E-state index in [-0.39, 0.29) is 24.8 Å². The maximum Gasteiger partial charge on any atom is 0.264 e. The Labute approximate surface area is 151 Å². The molecule has 0 atom stereocenters. The Morgan fingerprint density at radius 3 is 2.73 bits per heavy atom. The van der Waals surface area contributed by atoms with Gasteiger partial charge in [-0.15, -0.1) is 0 Å². The average Bonchev–Trinajstić information content (AvgIpc) is 2.65. The van der Waals surface area contributed by atoms with E-state index >= 15 is 0 Å². The third kappa shape index (κ3) is 3.56. The molecule has 0 spiro atoms. The summed E-state index contributed by atoms with van der Waals surface area (Å²) in [6.07, 6.45) is 0.156. The smallest absolute Gasteiger partial charge is 0.264 e. The third-order valence-corrected chi connectivity index (χ3v) is 4.18. The van der Waals surface area contributed by atoms with Crippen LogP contribution in [0.25, 0.3) is 0 Å². The van der Waals surface area contributed by atoms with Crippen molar-refractivity contribution >= 4 is 23.2 Å². The summed E-state index contributed by atoms with van der Waals surface area (Å²) in [4.78, 5) is 25.6. The third-order valence-electron chi connectivity index (χ3n) is 4.18. The number of nitrogens with one attached hydrogen (secondary N) is 1. The van der Waals surface area contributed by atoms with Crippen LogP contribution in [0.4, 0.5) is 11.4 Å². The van der Waals surface area contributed by atoms with Crippen molar-refractivity contribution in [1.29, 1.82) is 0 Å². The Balaban J connectivity index is 1.72. The fraction of sp³-hybridized carbons (Fsp3) is 0.263. The van der Waals surface area contributed by atoms with Gasteiger partial charge in [0, 0.05) is 30.4 Å². The average molecular weight is 356 g/mol. The number of methoxy groups -OCH3 is 2. The Morgan fingerprint density at radius 1 is 1.19 bits per heavy atom. The van der Waals surface area contributed by atoms with Gasteiger partial charge in [-0.25, -0.2) is 0 Å². The molecule has 136 valence electrons. The fourth-order valence-corrected chi connectivity index (χ4v) is 2.73. The minimum atomic E-state index is -0.186. The van der Waals surface area contributed by atoms with Crippen molar-refractivity contribution in [2.24, 2.45) is 0 Å². The highest BCUT2D eigenvalue weighted by Gasteiger charge is 2.22. The first kappa shape index (κ1) is 17.6. The number of likely N-dealkylation sites (N-methyl/N-ethyl adjacent to an activating group) is 1. The van der Waals surface area contributed by atoms with Crippen LogP contribution in [0.3, 0.4) is 0 Å². The van der Waals surface area contributed by atoms with Gasteiger partial charge in [-0.2, -0.15) is 0 Å². The fourth-order valence-electron chi connectivity index (χ4n) is 2.73. The normalized spacial score (nSPS) is 12.9. The van der Waals surface area contributed by atoms with Gasteiger partial charge in [-0.1, -0.05) is 6.07 Å². The quantitative estimate of drug-likeness (QED) is 0.889. The van der Waals surface area contributed by atoms with Crippen LogP contribution in [0.5, 0.6) is 17.2 Å². The molecule has 3 rings (SSSR count). The van der Waals surface area contributed by atoms with Gasteiger partial charge in [0.15, 0.2) is 6.61 Å². The predicted octanol–water partition coefficient (Wildman–Crippen LogP) is 2.24. The van der Waals surface area contributed by atoms with Gasteiger partial charge in [0.25, 0.3) is 5.91 Å². The minimum Gasteiger partial charge on any atom is -0.497 e. The van der Waals surface area contributed by atoms with Crippen molar-refractivity contribution in [3.05, 3.63) is 42.0 Å². The van der Waals surface area contributed by atoms with Gasteiger partial charge in [0.2, 0.25) is 5.91 Å².